The highest BCUT2D eigenvalue weighted by Crippen LogP contribution is 2.45. The monoisotopic (exact) mass is 945 g/mol. The quantitative estimate of drug-likeness (QED) is 0.0750. The number of nitrogens with one attached hydrogen (secondary N) is 2. The first-order valence-corrected chi connectivity index (χ1v) is 22.6. The number of aromatic nitrogens is 4. The van der Waals surface area contributed by atoms with Crippen LogP contribution in [0, 0.1) is 23.5 Å². The Labute approximate surface area is 385 Å². The number of anilines is 1. The maximum absolute atomic E-state index is 13.1. The number of hydrogen-bond donors (Lipinski definition) is 4. The van der Waals surface area contributed by atoms with E-state index in [1.807, 2.05) is 6.07 Å². The fourth-order valence-corrected chi connectivity index (χ4v) is 7.71. The zero-order valence-electron chi connectivity index (χ0n) is 34.8. The summed E-state index contributed by atoms with van der Waals surface area (Å²) in [5, 5.41) is 24.9. The van der Waals surface area contributed by atoms with Crippen LogP contribution >= 0.6 is 23.2 Å². The summed E-state index contributed by atoms with van der Waals surface area (Å²) in [6.45, 7) is 2.08. The number of hydrogen-bond acceptors (Lipinski definition) is 12. The van der Waals surface area contributed by atoms with Crippen molar-refractivity contribution in [2.75, 3.05) is 24.2 Å². The third-order valence-corrected chi connectivity index (χ3v) is 12.0. The SMILES string of the molecule is CS(=O)c1ncc(C(=O)NCc2ccc(F)cc2)c(OCc2ccc(CO)c(Cl)c2)n1.O=C(NCc1ccc(F)cc1)c1cnc(N2CC3CC3C2)nc1OCc1ccc(CO)c(Cl)c1. The van der Waals surface area contributed by atoms with Crippen molar-refractivity contribution < 1.29 is 42.3 Å². The van der Waals surface area contributed by atoms with Crippen LogP contribution in [0.25, 0.3) is 0 Å². The lowest BCUT2D eigenvalue weighted by molar-refractivity contribution is 0.0936. The third-order valence-electron chi connectivity index (χ3n) is 10.5. The van der Waals surface area contributed by atoms with Gasteiger partial charge in [0.2, 0.25) is 22.9 Å². The van der Waals surface area contributed by atoms with E-state index in [-0.39, 0.29) is 85.1 Å². The molecule has 3 unspecified atom stereocenters. The van der Waals surface area contributed by atoms with Gasteiger partial charge in [-0.2, -0.15) is 9.97 Å². The second-order valence-corrected chi connectivity index (χ2v) is 17.3. The number of amides is 2. The molecule has 0 spiro atoms. The van der Waals surface area contributed by atoms with Gasteiger partial charge in [0.05, 0.1) is 24.0 Å². The zero-order valence-corrected chi connectivity index (χ0v) is 37.2. The molecule has 6 aromatic rings. The first-order chi connectivity index (χ1) is 31.4. The summed E-state index contributed by atoms with van der Waals surface area (Å²) in [6.07, 6.45) is 5.42. The number of benzene rings is 4. The molecule has 0 radical (unpaired) electrons. The molecule has 2 aromatic heterocycles. The number of aliphatic hydroxyl groups excluding tert-OH is 2. The van der Waals surface area contributed by atoms with E-state index in [0.29, 0.717) is 50.1 Å². The summed E-state index contributed by atoms with van der Waals surface area (Å²) in [5.41, 5.74) is 4.44. The lowest BCUT2D eigenvalue weighted by atomic mass is 10.1. The molecule has 3 atom stereocenters. The minimum atomic E-state index is -1.47. The van der Waals surface area contributed by atoms with Crippen molar-refractivity contribution in [3.63, 3.8) is 0 Å². The number of aliphatic hydroxyl groups is 2. The predicted molar refractivity (Wildman–Crippen MR) is 239 cm³/mol. The Bertz CT molecular complexity index is 2680. The summed E-state index contributed by atoms with van der Waals surface area (Å²) in [6, 6.07) is 22.0. The summed E-state index contributed by atoms with van der Waals surface area (Å²) < 4.78 is 49.6. The second-order valence-electron chi connectivity index (χ2n) is 15.2. The molecule has 338 valence electrons. The molecule has 1 aliphatic heterocycles. The summed E-state index contributed by atoms with van der Waals surface area (Å²) in [5.74, 6) is 0.536. The van der Waals surface area contributed by atoms with Gasteiger partial charge in [0.25, 0.3) is 11.8 Å². The maximum atomic E-state index is 13.1. The van der Waals surface area contributed by atoms with Gasteiger partial charge in [-0.1, -0.05) is 71.7 Å². The van der Waals surface area contributed by atoms with E-state index in [1.165, 1.54) is 49.3 Å². The van der Waals surface area contributed by atoms with Gasteiger partial charge < -0.3 is 35.2 Å². The molecule has 3 heterocycles. The van der Waals surface area contributed by atoms with E-state index in [0.717, 1.165) is 24.2 Å². The highest BCUT2D eigenvalue weighted by molar-refractivity contribution is 7.84. The molecule has 1 aliphatic carbocycles. The normalized spacial score (nSPS) is 15.3. The Kier molecular flexibility index (Phi) is 15.7. The van der Waals surface area contributed by atoms with Gasteiger partial charge in [0.1, 0.15) is 36.0 Å². The van der Waals surface area contributed by atoms with Crippen molar-refractivity contribution in [3.8, 4) is 11.8 Å². The first kappa shape index (κ1) is 46.9. The van der Waals surface area contributed by atoms with E-state index in [9.17, 15) is 32.8 Å². The standard InChI is InChI=1S/C25H24ClFN4O3.C21H19ClFN3O4S/c26-22-7-16(1-4-17(22)13-32)14-34-24-21(23(33)28-9-15-2-5-20(27)6-3-15)10-29-25(30-24)31-11-18-8-19(18)12-31;1-31(29)21-25-10-17(19(28)24-9-13-3-6-16(23)7-4-13)20(26-21)30-12-14-2-5-15(11-27)18(22)8-14/h1-7,10,18-19,32H,8-9,11-14H2,(H,28,33);2-8,10,27H,9,11-12H2,1H3,(H,24,28). The van der Waals surface area contributed by atoms with Gasteiger partial charge in [0.15, 0.2) is 0 Å². The summed E-state index contributed by atoms with van der Waals surface area (Å²) in [4.78, 5) is 44.8. The number of ether oxygens (including phenoxy) is 2. The first-order valence-electron chi connectivity index (χ1n) is 20.3. The largest absolute Gasteiger partial charge is 0.472 e. The molecule has 4 aromatic carbocycles. The molecule has 0 bridgehead atoms. The van der Waals surface area contributed by atoms with Crippen LogP contribution in [0.5, 0.6) is 11.8 Å². The van der Waals surface area contributed by atoms with Gasteiger partial charge in [-0.3, -0.25) is 13.8 Å². The highest BCUT2D eigenvalue weighted by atomic mass is 35.5. The number of halogens is 4. The minimum Gasteiger partial charge on any atom is -0.472 e. The van der Waals surface area contributed by atoms with Crippen molar-refractivity contribution in [1.82, 2.24) is 30.6 Å². The van der Waals surface area contributed by atoms with Crippen LogP contribution < -0.4 is 25.0 Å². The molecule has 14 nitrogen and oxygen atoms in total. The van der Waals surface area contributed by atoms with Crippen LogP contribution in [0.2, 0.25) is 10.0 Å². The Hall–Kier alpha value is -6.11. The topological polar surface area (TPSA) is 189 Å². The van der Waals surface area contributed by atoms with Gasteiger partial charge in [-0.05, 0) is 88.0 Å². The van der Waals surface area contributed by atoms with Gasteiger partial charge in [-0.25, -0.2) is 18.7 Å². The molecular weight excluding hydrogens is 904 g/mol. The number of rotatable bonds is 16. The fourth-order valence-electron chi connectivity index (χ4n) is 6.77. The van der Waals surface area contributed by atoms with E-state index in [1.54, 1.807) is 54.6 Å². The maximum Gasteiger partial charge on any atom is 0.258 e. The van der Waals surface area contributed by atoms with Crippen LogP contribution in [0.4, 0.5) is 14.7 Å². The minimum absolute atomic E-state index is 0.0266. The number of carbonyl (C=O) groups is 2. The lowest BCUT2D eigenvalue weighted by Crippen LogP contribution is -2.27. The summed E-state index contributed by atoms with van der Waals surface area (Å²) in [7, 11) is -1.47. The third kappa shape index (κ3) is 12.6. The highest BCUT2D eigenvalue weighted by Gasteiger charge is 2.46. The molecule has 2 fully saturated rings. The van der Waals surface area contributed by atoms with Crippen LogP contribution in [0.3, 0.4) is 0 Å². The van der Waals surface area contributed by atoms with Crippen LogP contribution in [0.15, 0.2) is 102 Å². The number of fused-ring (bicyclic) bond motifs is 1. The van der Waals surface area contributed by atoms with Crippen LogP contribution in [-0.4, -0.2) is 65.5 Å². The Morgan fingerprint density at radius 2 is 1.15 bits per heavy atom. The molecule has 2 amide bonds. The molecule has 65 heavy (non-hydrogen) atoms. The molecule has 1 saturated carbocycles. The summed E-state index contributed by atoms with van der Waals surface area (Å²) >= 11 is 12.3. The van der Waals surface area contributed by atoms with Crippen molar-refractivity contribution >= 4 is 51.8 Å². The number of piperidine rings is 1. The average Bonchev–Trinajstić information content (AvgIpc) is 3.92. The molecule has 1 saturated heterocycles. The smallest absolute Gasteiger partial charge is 0.258 e. The molecule has 2 aliphatic rings. The molecular formula is C46H43Cl2F2N7O7S. The molecule has 8 rings (SSSR count). The van der Waals surface area contributed by atoms with E-state index in [2.05, 4.69) is 35.5 Å². The van der Waals surface area contributed by atoms with Gasteiger partial charge in [-0.15, -0.1) is 0 Å². The van der Waals surface area contributed by atoms with Crippen molar-refractivity contribution in [1.29, 1.82) is 0 Å². The zero-order chi connectivity index (χ0) is 46.0. The number of carbonyl (C=O) groups excluding carboxylic acids is 2. The van der Waals surface area contributed by atoms with Crippen LogP contribution in [-0.2, 0) is 50.3 Å². The molecule has 4 N–H and O–H groups in total. The predicted octanol–water partition coefficient (Wildman–Crippen LogP) is 6.73. The average molecular weight is 947 g/mol. The van der Waals surface area contributed by atoms with Crippen molar-refractivity contribution in [2.45, 2.75) is 51.1 Å². The molecule has 19 heteroatoms. The van der Waals surface area contributed by atoms with Crippen LogP contribution in [0.1, 0.15) is 60.5 Å². The van der Waals surface area contributed by atoms with Gasteiger partial charge >= 0.3 is 0 Å². The van der Waals surface area contributed by atoms with E-state index < -0.39 is 16.7 Å². The lowest BCUT2D eigenvalue weighted by Gasteiger charge is -2.19. The Morgan fingerprint density at radius 1 is 0.708 bits per heavy atom. The van der Waals surface area contributed by atoms with E-state index >= 15 is 0 Å². The second kappa shape index (κ2) is 21.7. The van der Waals surface area contributed by atoms with E-state index in [4.69, 9.17) is 32.7 Å². The number of nitrogens with zero attached hydrogens (tertiary/aromatic N) is 5. The fraction of sp³-hybridized carbons (Fsp3) is 0.261. The van der Waals surface area contributed by atoms with Crippen molar-refractivity contribution in [2.24, 2.45) is 11.8 Å². The van der Waals surface area contributed by atoms with Crippen molar-refractivity contribution in [3.05, 3.63) is 164 Å². The Balaban J connectivity index is 0.000000195. The Morgan fingerprint density at radius 3 is 1.60 bits per heavy atom. The van der Waals surface area contributed by atoms with Gasteiger partial charge in [0, 0.05) is 54.9 Å².